The van der Waals surface area contributed by atoms with Gasteiger partial charge in [-0.15, -0.1) is 0 Å². The summed E-state index contributed by atoms with van der Waals surface area (Å²) in [5.74, 6) is 0.986. The smallest absolute Gasteiger partial charge is 0.226 e. The molecular formula is C16H24N2O2. The molecule has 1 aliphatic rings. The summed E-state index contributed by atoms with van der Waals surface area (Å²) < 4.78 is 5.15. The molecule has 2 N–H and O–H groups in total. The highest BCUT2D eigenvalue weighted by atomic mass is 16.5. The van der Waals surface area contributed by atoms with E-state index in [1.807, 2.05) is 31.2 Å². The summed E-state index contributed by atoms with van der Waals surface area (Å²) in [6.07, 6.45) is 1.79. The Balaban J connectivity index is 1.99. The van der Waals surface area contributed by atoms with Crippen molar-refractivity contribution in [1.82, 2.24) is 10.6 Å². The van der Waals surface area contributed by atoms with Crippen molar-refractivity contribution in [1.29, 1.82) is 0 Å². The predicted octanol–water partition coefficient (Wildman–Crippen LogP) is 2.26. The first kappa shape index (κ1) is 14.9. The zero-order chi connectivity index (χ0) is 14.6. The van der Waals surface area contributed by atoms with Gasteiger partial charge in [0.2, 0.25) is 5.91 Å². The fourth-order valence-electron chi connectivity index (χ4n) is 2.55. The maximum Gasteiger partial charge on any atom is 0.226 e. The molecule has 1 saturated heterocycles. The zero-order valence-corrected chi connectivity index (χ0v) is 12.5. The van der Waals surface area contributed by atoms with Crippen molar-refractivity contribution < 1.29 is 9.53 Å². The van der Waals surface area contributed by atoms with Crippen molar-refractivity contribution in [3.8, 4) is 5.75 Å². The first-order valence-corrected chi connectivity index (χ1v) is 7.21. The van der Waals surface area contributed by atoms with Gasteiger partial charge in [-0.3, -0.25) is 4.79 Å². The van der Waals surface area contributed by atoms with Gasteiger partial charge in [0.15, 0.2) is 0 Å². The van der Waals surface area contributed by atoms with Crippen LogP contribution in [0, 0.1) is 5.41 Å². The molecule has 20 heavy (non-hydrogen) atoms. The Morgan fingerprint density at radius 3 is 2.45 bits per heavy atom. The Labute approximate surface area is 120 Å². The topological polar surface area (TPSA) is 50.4 Å². The Morgan fingerprint density at radius 1 is 1.30 bits per heavy atom. The van der Waals surface area contributed by atoms with Crippen LogP contribution in [-0.4, -0.2) is 26.1 Å². The number of piperidine rings is 1. The lowest BCUT2D eigenvalue weighted by Gasteiger charge is -2.33. The molecule has 0 saturated carbocycles. The average molecular weight is 276 g/mol. The van der Waals surface area contributed by atoms with E-state index in [1.165, 1.54) is 0 Å². The second-order valence-corrected chi connectivity index (χ2v) is 5.78. The van der Waals surface area contributed by atoms with Gasteiger partial charge in [0.1, 0.15) is 5.75 Å². The zero-order valence-electron chi connectivity index (χ0n) is 12.5. The van der Waals surface area contributed by atoms with E-state index in [9.17, 15) is 4.79 Å². The summed E-state index contributed by atoms with van der Waals surface area (Å²) in [6.45, 7) is 5.91. The first-order chi connectivity index (χ1) is 9.55. The van der Waals surface area contributed by atoms with Crippen LogP contribution in [0.15, 0.2) is 24.3 Å². The SMILES string of the molecule is COc1ccc([C@H](C)NC(=O)C2(C)CCNCC2)cc1. The monoisotopic (exact) mass is 276 g/mol. The van der Waals surface area contributed by atoms with Crippen LogP contribution in [0.3, 0.4) is 0 Å². The van der Waals surface area contributed by atoms with Crippen LogP contribution in [0.5, 0.6) is 5.75 Å². The number of methoxy groups -OCH3 is 1. The molecule has 0 spiro atoms. The summed E-state index contributed by atoms with van der Waals surface area (Å²) in [5, 5.41) is 6.43. The van der Waals surface area contributed by atoms with E-state index in [4.69, 9.17) is 4.74 Å². The minimum Gasteiger partial charge on any atom is -0.497 e. The standard InChI is InChI=1S/C16H24N2O2/c1-12(13-4-6-14(20-3)7-5-13)18-15(19)16(2)8-10-17-11-9-16/h4-7,12,17H,8-11H2,1-3H3,(H,18,19)/t12-/m0/s1. The Bertz CT molecular complexity index is 450. The van der Waals surface area contributed by atoms with Gasteiger partial charge in [0.25, 0.3) is 0 Å². The van der Waals surface area contributed by atoms with E-state index in [0.717, 1.165) is 37.2 Å². The van der Waals surface area contributed by atoms with E-state index in [2.05, 4.69) is 17.6 Å². The summed E-state index contributed by atoms with van der Waals surface area (Å²) in [6, 6.07) is 7.84. The van der Waals surface area contributed by atoms with Crippen molar-refractivity contribution in [2.45, 2.75) is 32.7 Å². The molecule has 1 atom stereocenters. The van der Waals surface area contributed by atoms with Gasteiger partial charge in [-0.05, 0) is 50.6 Å². The maximum absolute atomic E-state index is 12.5. The van der Waals surface area contributed by atoms with Crippen molar-refractivity contribution in [2.75, 3.05) is 20.2 Å². The molecule has 1 heterocycles. The van der Waals surface area contributed by atoms with Crippen LogP contribution in [0.1, 0.15) is 38.3 Å². The summed E-state index contributed by atoms with van der Waals surface area (Å²) in [5.41, 5.74) is 0.850. The lowest BCUT2D eigenvalue weighted by molar-refractivity contribution is -0.132. The number of nitrogens with one attached hydrogen (secondary N) is 2. The third-order valence-corrected chi connectivity index (χ3v) is 4.22. The van der Waals surface area contributed by atoms with Gasteiger partial charge in [0.05, 0.1) is 13.2 Å². The highest BCUT2D eigenvalue weighted by Crippen LogP contribution is 2.29. The number of benzene rings is 1. The minimum absolute atomic E-state index is 0.0140. The third-order valence-electron chi connectivity index (χ3n) is 4.22. The van der Waals surface area contributed by atoms with Crippen LogP contribution in [0.4, 0.5) is 0 Å². The normalized spacial score (nSPS) is 19.1. The highest BCUT2D eigenvalue weighted by molar-refractivity contribution is 5.82. The fraction of sp³-hybridized carbons (Fsp3) is 0.562. The molecule has 1 aromatic carbocycles. The van der Waals surface area contributed by atoms with E-state index < -0.39 is 0 Å². The van der Waals surface area contributed by atoms with E-state index in [1.54, 1.807) is 7.11 Å². The van der Waals surface area contributed by atoms with E-state index in [-0.39, 0.29) is 17.4 Å². The van der Waals surface area contributed by atoms with Crippen molar-refractivity contribution in [3.63, 3.8) is 0 Å². The van der Waals surface area contributed by atoms with Gasteiger partial charge in [0, 0.05) is 5.41 Å². The largest absolute Gasteiger partial charge is 0.497 e. The van der Waals surface area contributed by atoms with E-state index >= 15 is 0 Å². The number of carbonyl (C=O) groups excluding carboxylic acids is 1. The van der Waals surface area contributed by atoms with Gasteiger partial charge >= 0.3 is 0 Å². The number of rotatable bonds is 4. The summed E-state index contributed by atoms with van der Waals surface area (Å²) in [7, 11) is 1.65. The molecule has 1 amide bonds. The van der Waals surface area contributed by atoms with E-state index in [0.29, 0.717) is 0 Å². The Kier molecular flexibility index (Phi) is 4.65. The molecule has 1 aliphatic heterocycles. The second kappa shape index (κ2) is 6.27. The van der Waals surface area contributed by atoms with Gasteiger partial charge in [-0.25, -0.2) is 0 Å². The quantitative estimate of drug-likeness (QED) is 0.887. The maximum atomic E-state index is 12.5. The van der Waals surface area contributed by atoms with Crippen LogP contribution in [-0.2, 0) is 4.79 Å². The molecule has 110 valence electrons. The van der Waals surface area contributed by atoms with Gasteiger partial charge < -0.3 is 15.4 Å². The lowest BCUT2D eigenvalue weighted by Crippen LogP contribution is -2.46. The summed E-state index contributed by atoms with van der Waals surface area (Å²) in [4.78, 5) is 12.5. The fourth-order valence-corrected chi connectivity index (χ4v) is 2.55. The van der Waals surface area contributed by atoms with Crippen LogP contribution >= 0.6 is 0 Å². The Hall–Kier alpha value is -1.55. The van der Waals surface area contributed by atoms with Gasteiger partial charge in [-0.1, -0.05) is 19.1 Å². The number of amides is 1. The molecule has 4 heteroatoms. The number of carbonyl (C=O) groups is 1. The van der Waals surface area contributed by atoms with Crippen LogP contribution < -0.4 is 15.4 Å². The third kappa shape index (κ3) is 3.31. The molecule has 1 aromatic rings. The second-order valence-electron chi connectivity index (χ2n) is 5.78. The number of ether oxygens (including phenoxy) is 1. The number of hydrogen-bond acceptors (Lipinski definition) is 3. The first-order valence-electron chi connectivity index (χ1n) is 7.21. The minimum atomic E-state index is -0.244. The molecule has 0 radical (unpaired) electrons. The molecule has 4 nitrogen and oxygen atoms in total. The predicted molar refractivity (Wildman–Crippen MR) is 79.8 cm³/mol. The van der Waals surface area contributed by atoms with Crippen molar-refractivity contribution in [3.05, 3.63) is 29.8 Å². The molecule has 0 aromatic heterocycles. The highest BCUT2D eigenvalue weighted by Gasteiger charge is 2.35. The Morgan fingerprint density at radius 2 is 1.90 bits per heavy atom. The molecule has 0 aliphatic carbocycles. The molecule has 2 rings (SSSR count). The van der Waals surface area contributed by atoms with Crippen molar-refractivity contribution in [2.24, 2.45) is 5.41 Å². The van der Waals surface area contributed by atoms with Crippen LogP contribution in [0.2, 0.25) is 0 Å². The molecule has 1 fully saturated rings. The summed E-state index contributed by atoms with van der Waals surface area (Å²) >= 11 is 0. The van der Waals surface area contributed by atoms with Crippen molar-refractivity contribution >= 4 is 5.91 Å². The van der Waals surface area contributed by atoms with Gasteiger partial charge in [-0.2, -0.15) is 0 Å². The number of hydrogen-bond donors (Lipinski definition) is 2. The average Bonchev–Trinajstić information content (AvgIpc) is 2.48. The lowest BCUT2D eigenvalue weighted by atomic mass is 9.80. The van der Waals surface area contributed by atoms with Crippen LogP contribution in [0.25, 0.3) is 0 Å². The molecule has 0 bridgehead atoms. The molecular weight excluding hydrogens is 252 g/mol. The molecule has 0 unspecified atom stereocenters.